The molecule has 1 nitrogen and oxygen atoms in total. The largest absolute Gasteiger partial charge is 0.396 e. The summed E-state index contributed by atoms with van der Waals surface area (Å²) in [6.45, 7) is 3.96. The number of benzene rings is 2. The van der Waals surface area contributed by atoms with Gasteiger partial charge in [0.2, 0.25) is 0 Å². The minimum absolute atomic E-state index is 0.233. The van der Waals surface area contributed by atoms with Crippen LogP contribution in [0.5, 0.6) is 0 Å². The number of hydrogen-bond donors (Lipinski definition) is 1. The van der Waals surface area contributed by atoms with Gasteiger partial charge in [-0.1, -0.05) is 36.9 Å². The number of hydrogen-bond acceptors (Lipinski definition) is 3. The van der Waals surface area contributed by atoms with E-state index in [1.165, 1.54) is 31.3 Å². The molecule has 0 saturated heterocycles. The van der Waals surface area contributed by atoms with E-state index >= 15 is 0 Å². The molecule has 0 unspecified atom stereocenters. The zero-order valence-electron chi connectivity index (χ0n) is 12.7. The number of fused-ring (bicyclic) bond motifs is 2. The predicted molar refractivity (Wildman–Crippen MR) is 105 cm³/mol. The number of thiophene rings is 2. The lowest BCUT2D eigenvalue weighted by atomic mass is 10.1. The van der Waals surface area contributed by atoms with Crippen LogP contribution in [0.4, 0.5) is 0 Å². The third kappa shape index (κ3) is 3.88. The predicted octanol–water partition coefficient (Wildman–Crippen LogP) is 5.98. The van der Waals surface area contributed by atoms with Crippen LogP contribution in [-0.4, -0.2) is 11.7 Å². The summed E-state index contributed by atoms with van der Waals surface area (Å²) in [5.74, 6) is 0. The Bertz CT molecular complexity index is 917. The normalized spacial score (nSPS) is 10.5. The Balaban J connectivity index is 0.000000136. The molecule has 0 spiro atoms. The highest BCUT2D eigenvalue weighted by molar-refractivity contribution is 7.17. The van der Waals surface area contributed by atoms with Crippen LogP contribution in [-0.2, 0) is 6.42 Å². The van der Waals surface area contributed by atoms with Crippen LogP contribution in [0.15, 0.2) is 65.9 Å². The molecule has 4 aromatic rings. The number of aliphatic hydroxyl groups excluding tert-OH is 1. The van der Waals surface area contributed by atoms with Gasteiger partial charge in [-0.3, -0.25) is 0 Å². The molecule has 2 aromatic heterocycles. The topological polar surface area (TPSA) is 20.2 Å². The van der Waals surface area contributed by atoms with Crippen molar-refractivity contribution in [3.05, 3.63) is 77.0 Å². The monoisotopic (exact) mass is 338 g/mol. The molecule has 0 atom stereocenters. The van der Waals surface area contributed by atoms with Gasteiger partial charge in [0.05, 0.1) is 0 Å². The van der Waals surface area contributed by atoms with E-state index in [2.05, 4.69) is 65.9 Å². The molecule has 0 fully saturated rings. The quantitative estimate of drug-likeness (QED) is 0.487. The van der Waals surface area contributed by atoms with Crippen molar-refractivity contribution < 1.29 is 5.11 Å². The smallest absolute Gasteiger partial charge is 0.0471 e. The van der Waals surface area contributed by atoms with Gasteiger partial charge in [-0.2, -0.15) is 0 Å². The summed E-state index contributed by atoms with van der Waals surface area (Å²) in [5.41, 5.74) is 2.41. The molecule has 0 amide bonds. The molecule has 4 rings (SSSR count). The average molecular weight is 338 g/mol. The summed E-state index contributed by atoms with van der Waals surface area (Å²) >= 11 is 3.51. The Morgan fingerprint density at radius 1 is 0.870 bits per heavy atom. The zero-order valence-corrected chi connectivity index (χ0v) is 14.4. The lowest BCUT2D eigenvalue weighted by Gasteiger charge is -1.96. The SMILES string of the molecule is C=Cc1ccc2ccsc2c1.OCCc1ccc2ccsc2c1. The summed E-state index contributed by atoms with van der Waals surface area (Å²) in [4.78, 5) is 0. The zero-order chi connectivity index (χ0) is 16.1. The van der Waals surface area contributed by atoms with E-state index in [0.29, 0.717) is 0 Å². The van der Waals surface area contributed by atoms with Crippen LogP contribution in [0.25, 0.3) is 26.2 Å². The molecule has 0 saturated carbocycles. The highest BCUT2D eigenvalue weighted by Gasteiger charge is 1.96. The molecule has 0 radical (unpaired) electrons. The van der Waals surface area contributed by atoms with Crippen molar-refractivity contribution >= 4 is 48.9 Å². The molecule has 3 heteroatoms. The second-order valence-corrected chi connectivity index (χ2v) is 7.08. The molecule has 0 aliphatic rings. The van der Waals surface area contributed by atoms with Crippen molar-refractivity contribution in [2.75, 3.05) is 6.61 Å². The number of aliphatic hydroxyl groups is 1. The lowest BCUT2D eigenvalue weighted by Crippen LogP contribution is -1.88. The maximum atomic E-state index is 8.75. The van der Waals surface area contributed by atoms with Gasteiger partial charge < -0.3 is 5.11 Å². The third-order valence-electron chi connectivity index (χ3n) is 3.64. The second-order valence-electron chi connectivity index (χ2n) is 5.19. The molecule has 0 bridgehead atoms. The van der Waals surface area contributed by atoms with Gasteiger partial charge in [-0.25, -0.2) is 0 Å². The number of rotatable bonds is 3. The van der Waals surface area contributed by atoms with E-state index in [0.717, 1.165) is 6.42 Å². The average Bonchev–Trinajstić information content (AvgIpc) is 3.23. The van der Waals surface area contributed by atoms with Gasteiger partial charge in [-0.05, 0) is 63.3 Å². The van der Waals surface area contributed by atoms with Crippen molar-refractivity contribution in [3.63, 3.8) is 0 Å². The molecule has 0 aliphatic carbocycles. The van der Waals surface area contributed by atoms with Crippen molar-refractivity contribution in [2.45, 2.75) is 6.42 Å². The molecular weight excluding hydrogens is 320 g/mol. The van der Waals surface area contributed by atoms with Crippen molar-refractivity contribution in [1.82, 2.24) is 0 Å². The van der Waals surface area contributed by atoms with Gasteiger partial charge in [-0.15, -0.1) is 22.7 Å². The Labute approximate surface area is 144 Å². The van der Waals surface area contributed by atoms with Crippen molar-refractivity contribution in [3.8, 4) is 0 Å². The summed E-state index contributed by atoms with van der Waals surface area (Å²) in [5, 5.41) is 15.6. The Morgan fingerprint density at radius 3 is 2.17 bits per heavy atom. The summed E-state index contributed by atoms with van der Waals surface area (Å²) in [6, 6.07) is 17.0. The molecule has 23 heavy (non-hydrogen) atoms. The summed E-state index contributed by atoms with van der Waals surface area (Å²) < 4.78 is 2.64. The molecule has 2 heterocycles. The first-order chi connectivity index (χ1) is 11.3. The second kappa shape index (κ2) is 7.55. The first-order valence-corrected chi connectivity index (χ1v) is 9.23. The first-order valence-electron chi connectivity index (χ1n) is 7.47. The highest BCUT2D eigenvalue weighted by Crippen LogP contribution is 2.22. The van der Waals surface area contributed by atoms with E-state index in [9.17, 15) is 0 Å². The van der Waals surface area contributed by atoms with Crippen LogP contribution in [0, 0.1) is 0 Å². The van der Waals surface area contributed by atoms with Crippen LogP contribution in [0.3, 0.4) is 0 Å². The van der Waals surface area contributed by atoms with E-state index in [-0.39, 0.29) is 6.61 Å². The lowest BCUT2D eigenvalue weighted by molar-refractivity contribution is 0.299. The third-order valence-corrected chi connectivity index (χ3v) is 5.40. The fourth-order valence-electron chi connectivity index (χ4n) is 2.38. The Morgan fingerprint density at radius 2 is 1.52 bits per heavy atom. The van der Waals surface area contributed by atoms with Gasteiger partial charge in [0.1, 0.15) is 0 Å². The standard InChI is InChI=1S/C10H10OS.C10H8S/c11-5-3-8-1-2-9-4-6-12-10(9)7-8;1-2-8-3-4-9-5-6-11-10(9)7-8/h1-2,4,6-7,11H,3,5H2;2-7H,1H2. The van der Waals surface area contributed by atoms with Gasteiger partial charge in [0.25, 0.3) is 0 Å². The molecule has 1 N–H and O–H groups in total. The molecule has 2 aromatic carbocycles. The van der Waals surface area contributed by atoms with E-state index < -0.39 is 0 Å². The highest BCUT2D eigenvalue weighted by atomic mass is 32.1. The maximum Gasteiger partial charge on any atom is 0.0471 e. The van der Waals surface area contributed by atoms with E-state index in [1.807, 2.05) is 6.08 Å². The fourth-order valence-corrected chi connectivity index (χ4v) is 4.07. The molecule has 116 valence electrons. The maximum absolute atomic E-state index is 8.75. The summed E-state index contributed by atoms with van der Waals surface area (Å²) in [7, 11) is 0. The van der Waals surface area contributed by atoms with Crippen molar-refractivity contribution in [2.24, 2.45) is 0 Å². The van der Waals surface area contributed by atoms with Crippen molar-refractivity contribution in [1.29, 1.82) is 0 Å². The Kier molecular flexibility index (Phi) is 5.23. The van der Waals surface area contributed by atoms with Crippen LogP contribution in [0.1, 0.15) is 11.1 Å². The van der Waals surface area contributed by atoms with Crippen LogP contribution >= 0.6 is 22.7 Å². The van der Waals surface area contributed by atoms with E-state index in [1.54, 1.807) is 22.7 Å². The van der Waals surface area contributed by atoms with Crippen LogP contribution in [0.2, 0.25) is 0 Å². The first kappa shape index (κ1) is 15.9. The van der Waals surface area contributed by atoms with E-state index in [4.69, 9.17) is 5.11 Å². The van der Waals surface area contributed by atoms with Gasteiger partial charge >= 0.3 is 0 Å². The van der Waals surface area contributed by atoms with Gasteiger partial charge in [0, 0.05) is 16.0 Å². The summed E-state index contributed by atoms with van der Waals surface area (Å²) in [6.07, 6.45) is 2.63. The molecule has 0 aliphatic heterocycles. The minimum Gasteiger partial charge on any atom is -0.396 e. The Hall–Kier alpha value is -1.94. The van der Waals surface area contributed by atoms with Crippen LogP contribution < -0.4 is 0 Å². The molecular formula is C20H18OS2. The van der Waals surface area contributed by atoms with Gasteiger partial charge in [0.15, 0.2) is 0 Å². The fraction of sp³-hybridized carbons (Fsp3) is 0.100. The minimum atomic E-state index is 0.233.